The van der Waals surface area contributed by atoms with Crippen LogP contribution in [0.3, 0.4) is 0 Å². The maximum Gasteiger partial charge on any atom is 0.254 e. The molecule has 1 aliphatic heterocycles. The highest BCUT2D eigenvalue weighted by Crippen LogP contribution is 2.26. The molecular weight excluding hydrogens is 244 g/mol. The van der Waals surface area contributed by atoms with Crippen molar-refractivity contribution in [3.63, 3.8) is 0 Å². The zero-order valence-corrected chi connectivity index (χ0v) is 10.4. The predicted molar refractivity (Wildman–Crippen MR) is 70.1 cm³/mol. The lowest BCUT2D eigenvalue weighted by Gasteiger charge is -2.27. The largest absolute Gasteiger partial charge is 0.506 e. The highest BCUT2D eigenvalue weighted by atomic mass is 16.5. The second-order valence-electron chi connectivity index (χ2n) is 4.44. The van der Waals surface area contributed by atoms with Gasteiger partial charge in [0.2, 0.25) is 0 Å². The number of carbonyl (C=O) groups excluding carboxylic acids is 1. The molecule has 1 aromatic carbocycles. The van der Waals surface area contributed by atoms with Crippen LogP contribution in [0.15, 0.2) is 30.5 Å². The van der Waals surface area contributed by atoms with Gasteiger partial charge in [0.25, 0.3) is 5.91 Å². The molecular formula is C14H14N2O3. The number of rotatable bonds is 1. The van der Waals surface area contributed by atoms with Crippen LogP contribution in [0.2, 0.25) is 0 Å². The molecule has 2 aromatic rings. The van der Waals surface area contributed by atoms with Gasteiger partial charge in [0, 0.05) is 30.2 Å². The molecule has 3 rings (SSSR count). The molecule has 98 valence electrons. The molecule has 5 nitrogen and oxygen atoms in total. The molecule has 0 aliphatic carbocycles. The number of aromatic nitrogens is 1. The third-order valence-corrected chi connectivity index (χ3v) is 3.28. The Hall–Kier alpha value is -2.14. The van der Waals surface area contributed by atoms with E-state index in [2.05, 4.69) is 4.98 Å². The van der Waals surface area contributed by atoms with Crippen LogP contribution >= 0.6 is 0 Å². The van der Waals surface area contributed by atoms with Crippen molar-refractivity contribution in [3.8, 4) is 5.75 Å². The van der Waals surface area contributed by atoms with Gasteiger partial charge in [-0.25, -0.2) is 0 Å². The molecule has 1 aliphatic rings. The van der Waals surface area contributed by atoms with E-state index in [1.165, 1.54) is 6.07 Å². The molecule has 1 N–H and O–H groups in total. The van der Waals surface area contributed by atoms with Crippen molar-refractivity contribution in [3.05, 3.63) is 36.0 Å². The van der Waals surface area contributed by atoms with Crippen molar-refractivity contribution in [2.24, 2.45) is 0 Å². The molecule has 2 heterocycles. The van der Waals surface area contributed by atoms with E-state index in [-0.39, 0.29) is 11.7 Å². The lowest BCUT2D eigenvalue weighted by atomic mass is 10.1. The second kappa shape index (κ2) is 4.85. The smallest absolute Gasteiger partial charge is 0.254 e. The number of nitrogens with zero attached hydrogens (tertiary/aromatic N) is 2. The minimum Gasteiger partial charge on any atom is -0.506 e. The van der Waals surface area contributed by atoms with Crippen molar-refractivity contribution in [2.45, 2.75) is 0 Å². The number of phenols is 1. The fraction of sp³-hybridized carbons (Fsp3) is 0.286. The van der Waals surface area contributed by atoms with E-state index in [1.807, 2.05) is 0 Å². The summed E-state index contributed by atoms with van der Waals surface area (Å²) in [6.45, 7) is 2.34. The summed E-state index contributed by atoms with van der Waals surface area (Å²) in [5.41, 5.74) is 1.03. The standard InChI is InChI=1S/C14H14N2O3/c17-12-4-3-11(10-2-1-5-15-13(10)12)14(18)16-6-8-19-9-7-16/h1-5,17H,6-9H2. The van der Waals surface area contributed by atoms with E-state index >= 15 is 0 Å². The van der Waals surface area contributed by atoms with Gasteiger partial charge in [-0.3, -0.25) is 9.78 Å². The number of pyridine rings is 1. The lowest BCUT2D eigenvalue weighted by Crippen LogP contribution is -2.40. The van der Waals surface area contributed by atoms with Crippen LogP contribution < -0.4 is 0 Å². The first kappa shape index (κ1) is 11.9. The minimum atomic E-state index is -0.0405. The molecule has 1 saturated heterocycles. The third-order valence-electron chi connectivity index (χ3n) is 3.28. The van der Waals surface area contributed by atoms with Gasteiger partial charge in [-0.15, -0.1) is 0 Å². The van der Waals surface area contributed by atoms with Crippen LogP contribution in [-0.2, 0) is 4.74 Å². The molecule has 5 heteroatoms. The minimum absolute atomic E-state index is 0.0405. The summed E-state index contributed by atoms with van der Waals surface area (Å²) < 4.78 is 5.25. The Kier molecular flexibility index (Phi) is 3.05. The number of fused-ring (bicyclic) bond motifs is 1. The van der Waals surface area contributed by atoms with Gasteiger partial charge >= 0.3 is 0 Å². The van der Waals surface area contributed by atoms with E-state index < -0.39 is 0 Å². The van der Waals surface area contributed by atoms with Gasteiger partial charge in [-0.2, -0.15) is 0 Å². The quantitative estimate of drug-likeness (QED) is 0.840. The first-order chi connectivity index (χ1) is 9.27. The van der Waals surface area contributed by atoms with Crippen molar-refractivity contribution < 1.29 is 14.6 Å². The summed E-state index contributed by atoms with van der Waals surface area (Å²) in [7, 11) is 0. The van der Waals surface area contributed by atoms with Crippen LogP contribution in [0.4, 0.5) is 0 Å². The Morgan fingerprint density at radius 1 is 1.26 bits per heavy atom. The van der Waals surface area contributed by atoms with Crippen molar-refractivity contribution >= 4 is 16.8 Å². The van der Waals surface area contributed by atoms with Gasteiger partial charge in [0.1, 0.15) is 11.3 Å². The monoisotopic (exact) mass is 258 g/mol. The second-order valence-corrected chi connectivity index (χ2v) is 4.44. The normalized spacial score (nSPS) is 15.7. The van der Waals surface area contributed by atoms with Gasteiger partial charge in [-0.05, 0) is 18.2 Å². The van der Waals surface area contributed by atoms with Crippen LogP contribution in [0, 0.1) is 0 Å². The van der Waals surface area contributed by atoms with Crippen molar-refractivity contribution in [1.29, 1.82) is 0 Å². The molecule has 1 aromatic heterocycles. The van der Waals surface area contributed by atoms with Gasteiger partial charge in [0.05, 0.1) is 13.2 Å². The Bertz CT molecular complexity index is 621. The summed E-state index contributed by atoms with van der Waals surface area (Å²) in [5.74, 6) is 0.0513. The Balaban J connectivity index is 2.05. The molecule has 19 heavy (non-hydrogen) atoms. The Morgan fingerprint density at radius 3 is 2.84 bits per heavy atom. The number of amides is 1. The van der Waals surface area contributed by atoms with E-state index in [0.717, 1.165) is 0 Å². The number of ether oxygens (including phenoxy) is 1. The number of carbonyl (C=O) groups is 1. The zero-order chi connectivity index (χ0) is 13.2. The highest BCUT2D eigenvalue weighted by Gasteiger charge is 2.21. The molecule has 0 saturated carbocycles. The number of hydrogen-bond acceptors (Lipinski definition) is 4. The van der Waals surface area contributed by atoms with Gasteiger partial charge in [0.15, 0.2) is 0 Å². The summed E-state index contributed by atoms with van der Waals surface area (Å²) >= 11 is 0. The van der Waals surface area contributed by atoms with E-state index in [4.69, 9.17) is 4.74 Å². The number of hydrogen-bond donors (Lipinski definition) is 1. The molecule has 1 fully saturated rings. The summed E-state index contributed by atoms with van der Waals surface area (Å²) in [4.78, 5) is 18.4. The SMILES string of the molecule is O=C(c1ccc(O)c2ncccc12)N1CCOCC1. The molecule has 0 unspecified atom stereocenters. The Morgan fingerprint density at radius 2 is 2.05 bits per heavy atom. The average Bonchev–Trinajstić information content (AvgIpc) is 2.48. The summed E-state index contributed by atoms with van der Waals surface area (Å²) in [6.07, 6.45) is 1.60. The third kappa shape index (κ3) is 2.13. The molecule has 1 amide bonds. The van der Waals surface area contributed by atoms with Crippen molar-refractivity contribution in [1.82, 2.24) is 9.88 Å². The molecule has 0 bridgehead atoms. The molecule has 0 radical (unpaired) electrons. The Labute approximate surface area is 110 Å². The van der Waals surface area contributed by atoms with Gasteiger partial charge < -0.3 is 14.7 Å². The van der Waals surface area contributed by atoms with Crippen LogP contribution in [-0.4, -0.2) is 47.2 Å². The average molecular weight is 258 g/mol. The first-order valence-electron chi connectivity index (χ1n) is 6.21. The maximum atomic E-state index is 12.5. The van der Waals surface area contributed by atoms with E-state index in [1.54, 1.807) is 29.3 Å². The summed E-state index contributed by atoms with van der Waals surface area (Å²) in [5, 5.41) is 10.5. The fourth-order valence-corrected chi connectivity index (χ4v) is 2.28. The van der Waals surface area contributed by atoms with Crippen LogP contribution in [0.5, 0.6) is 5.75 Å². The maximum absolute atomic E-state index is 12.5. The number of morpholine rings is 1. The van der Waals surface area contributed by atoms with Crippen molar-refractivity contribution in [2.75, 3.05) is 26.3 Å². The van der Waals surface area contributed by atoms with E-state index in [0.29, 0.717) is 42.8 Å². The predicted octanol–water partition coefficient (Wildman–Crippen LogP) is 1.41. The fourth-order valence-electron chi connectivity index (χ4n) is 2.28. The van der Waals surface area contributed by atoms with Crippen LogP contribution in [0.25, 0.3) is 10.9 Å². The van der Waals surface area contributed by atoms with E-state index in [9.17, 15) is 9.90 Å². The molecule has 0 spiro atoms. The topological polar surface area (TPSA) is 62.7 Å². The first-order valence-corrected chi connectivity index (χ1v) is 6.21. The highest BCUT2D eigenvalue weighted by molar-refractivity contribution is 6.07. The zero-order valence-electron chi connectivity index (χ0n) is 10.4. The number of benzene rings is 1. The lowest BCUT2D eigenvalue weighted by molar-refractivity contribution is 0.0304. The van der Waals surface area contributed by atoms with Crippen LogP contribution in [0.1, 0.15) is 10.4 Å². The summed E-state index contributed by atoms with van der Waals surface area (Å²) in [6, 6.07) is 6.73. The number of aromatic hydroxyl groups is 1. The number of phenolic OH excluding ortho intramolecular Hbond substituents is 1. The van der Waals surface area contributed by atoms with Gasteiger partial charge in [-0.1, -0.05) is 6.07 Å². The molecule has 0 atom stereocenters.